The number of fused-ring (bicyclic) bond motifs is 1. The van der Waals surface area contributed by atoms with Gasteiger partial charge in [0.2, 0.25) is 5.95 Å². The van der Waals surface area contributed by atoms with Crippen LogP contribution in [0.25, 0.3) is 21.5 Å². The molecule has 0 atom stereocenters. The first-order valence-electron chi connectivity index (χ1n) is 12.3. The number of pyridine rings is 1. The van der Waals surface area contributed by atoms with Crippen LogP contribution in [0.3, 0.4) is 0 Å². The Balaban J connectivity index is 1.22. The van der Waals surface area contributed by atoms with E-state index in [1.54, 1.807) is 39.5 Å². The van der Waals surface area contributed by atoms with E-state index < -0.39 is 5.60 Å². The molecular formula is C27H29N7O3S. The number of piperazine rings is 1. The van der Waals surface area contributed by atoms with Gasteiger partial charge in [-0.1, -0.05) is 6.07 Å². The zero-order chi connectivity index (χ0) is 26.9. The number of carbonyl (C=O) groups is 2. The highest BCUT2D eigenvalue weighted by Crippen LogP contribution is 2.27. The second-order valence-electron chi connectivity index (χ2n) is 10.1. The third kappa shape index (κ3) is 5.72. The summed E-state index contributed by atoms with van der Waals surface area (Å²) in [5, 5.41) is 3.13. The van der Waals surface area contributed by atoms with Crippen molar-refractivity contribution in [3.63, 3.8) is 0 Å². The minimum Gasteiger partial charge on any atom is -0.444 e. The second-order valence-corrected chi connectivity index (χ2v) is 11.0. The van der Waals surface area contributed by atoms with Crippen molar-refractivity contribution < 1.29 is 14.3 Å². The van der Waals surface area contributed by atoms with Crippen molar-refractivity contribution in [3.05, 3.63) is 59.4 Å². The molecule has 10 nitrogen and oxygen atoms in total. The topological polar surface area (TPSA) is 113 Å². The molecule has 1 aromatic carbocycles. The maximum absolute atomic E-state index is 13.0. The molecule has 4 aromatic rings. The van der Waals surface area contributed by atoms with Gasteiger partial charge >= 0.3 is 6.09 Å². The largest absolute Gasteiger partial charge is 0.444 e. The zero-order valence-corrected chi connectivity index (χ0v) is 22.6. The summed E-state index contributed by atoms with van der Waals surface area (Å²) in [4.78, 5) is 46.5. The van der Waals surface area contributed by atoms with Gasteiger partial charge in [-0.05, 0) is 57.5 Å². The van der Waals surface area contributed by atoms with E-state index in [9.17, 15) is 9.59 Å². The van der Waals surface area contributed by atoms with E-state index in [2.05, 4.69) is 20.3 Å². The predicted molar refractivity (Wildman–Crippen MR) is 147 cm³/mol. The Labute approximate surface area is 224 Å². The summed E-state index contributed by atoms with van der Waals surface area (Å²) in [6, 6.07) is 9.56. The fourth-order valence-electron chi connectivity index (χ4n) is 4.11. The number of nitrogens with one attached hydrogen (secondary N) is 1. The van der Waals surface area contributed by atoms with Gasteiger partial charge in [0.25, 0.3) is 5.91 Å². The van der Waals surface area contributed by atoms with Crippen LogP contribution in [0.5, 0.6) is 0 Å². The number of rotatable bonds is 4. The molecule has 4 heterocycles. The highest BCUT2D eigenvalue weighted by Gasteiger charge is 2.28. The van der Waals surface area contributed by atoms with Gasteiger partial charge in [-0.3, -0.25) is 4.79 Å². The molecule has 0 aliphatic carbocycles. The van der Waals surface area contributed by atoms with E-state index in [4.69, 9.17) is 9.72 Å². The smallest absolute Gasteiger partial charge is 0.410 e. The number of thiazole rings is 1. The molecule has 1 saturated heterocycles. The minimum atomic E-state index is -0.549. The number of amides is 2. The summed E-state index contributed by atoms with van der Waals surface area (Å²) in [7, 11) is 0. The standard InChI is InChI=1S/C27H29N7O3S/c1-17-14-29-25(32-23(17)18-5-7-21-20(13-18)30-16-38-21)31-22-8-6-19(15-28-22)24(35)33-9-11-34(12-10-33)26(36)37-27(2,3)4/h5-8,13-16H,9-12H2,1-4H3,(H,28,29,31,32). The molecule has 0 spiro atoms. The van der Waals surface area contributed by atoms with Gasteiger partial charge < -0.3 is 19.9 Å². The first-order chi connectivity index (χ1) is 18.2. The average Bonchev–Trinajstić information content (AvgIpc) is 3.37. The van der Waals surface area contributed by atoms with Crippen LogP contribution in [-0.2, 0) is 4.74 Å². The summed E-state index contributed by atoms with van der Waals surface area (Å²) >= 11 is 1.60. The van der Waals surface area contributed by atoms with Gasteiger partial charge in [0.15, 0.2) is 0 Å². The monoisotopic (exact) mass is 531 g/mol. The fourth-order valence-corrected chi connectivity index (χ4v) is 4.77. The first kappa shape index (κ1) is 25.5. The number of anilines is 2. The molecule has 0 radical (unpaired) electrons. The van der Waals surface area contributed by atoms with E-state index in [0.29, 0.717) is 43.5 Å². The van der Waals surface area contributed by atoms with Crippen LogP contribution in [0.4, 0.5) is 16.6 Å². The number of hydrogen-bond acceptors (Lipinski definition) is 9. The van der Waals surface area contributed by atoms with Gasteiger partial charge in [-0.2, -0.15) is 0 Å². The Hall–Kier alpha value is -4.12. The number of carbonyl (C=O) groups excluding carboxylic acids is 2. The summed E-state index contributed by atoms with van der Waals surface area (Å²) in [5.41, 5.74) is 5.43. The van der Waals surface area contributed by atoms with Gasteiger partial charge in [-0.25, -0.2) is 24.7 Å². The minimum absolute atomic E-state index is 0.126. The molecule has 0 unspecified atom stereocenters. The maximum atomic E-state index is 13.0. The van der Waals surface area contributed by atoms with Crippen LogP contribution in [0.15, 0.2) is 48.2 Å². The van der Waals surface area contributed by atoms with Gasteiger partial charge in [0, 0.05) is 44.1 Å². The number of hydrogen-bond donors (Lipinski definition) is 1. The molecule has 1 aliphatic heterocycles. The Morgan fingerprint density at radius 2 is 1.74 bits per heavy atom. The Morgan fingerprint density at radius 3 is 2.45 bits per heavy atom. The molecule has 11 heteroatoms. The SMILES string of the molecule is Cc1cnc(Nc2ccc(C(=O)N3CCN(C(=O)OC(C)(C)C)CC3)cn2)nc1-c1ccc2scnc2c1. The lowest BCUT2D eigenvalue weighted by molar-refractivity contribution is 0.0141. The Morgan fingerprint density at radius 1 is 0.974 bits per heavy atom. The second kappa shape index (κ2) is 10.3. The van der Waals surface area contributed by atoms with Crippen molar-refractivity contribution in [1.82, 2.24) is 29.7 Å². The van der Waals surface area contributed by atoms with E-state index in [1.165, 1.54) is 6.20 Å². The highest BCUT2D eigenvalue weighted by molar-refractivity contribution is 7.16. The van der Waals surface area contributed by atoms with Crippen molar-refractivity contribution in [2.24, 2.45) is 0 Å². The van der Waals surface area contributed by atoms with E-state index in [1.807, 2.05) is 51.4 Å². The van der Waals surface area contributed by atoms with Crippen molar-refractivity contribution >= 4 is 45.3 Å². The van der Waals surface area contributed by atoms with Gasteiger partial charge in [0.05, 0.1) is 27.0 Å². The molecule has 5 rings (SSSR count). The highest BCUT2D eigenvalue weighted by atomic mass is 32.1. The van der Waals surface area contributed by atoms with Crippen molar-refractivity contribution in [3.8, 4) is 11.3 Å². The Kier molecular flexibility index (Phi) is 6.94. The van der Waals surface area contributed by atoms with Crippen LogP contribution in [0.2, 0.25) is 0 Å². The number of ether oxygens (including phenoxy) is 1. The lowest BCUT2D eigenvalue weighted by atomic mass is 10.1. The number of aromatic nitrogens is 4. The number of nitrogens with zero attached hydrogens (tertiary/aromatic N) is 6. The lowest BCUT2D eigenvalue weighted by Crippen LogP contribution is -2.51. The Bertz CT molecular complexity index is 1470. The van der Waals surface area contributed by atoms with Crippen LogP contribution in [0, 0.1) is 6.92 Å². The predicted octanol–water partition coefficient (Wildman–Crippen LogP) is 4.89. The molecule has 3 aromatic heterocycles. The molecule has 0 saturated carbocycles. The third-order valence-corrected chi connectivity index (χ3v) is 6.85. The third-order valence-electron chi connectivity index (χ3n) is 6.04. The van der Waals surface area contributed by atoms with Crippen LogP contribution in [-0.4, -0.2) is 73.5 Å². The summed E-state index contributed by atoms with van der Waals surface area (Å²) in [5.74, 6) is 0.814. The van der Waals surface area contributed by atoms with E-state index >= 15 is 0 Å². The zero-order valence-electron chi connectivity index (χ0n) is 21.8. The molecule has 38 heavy (non-hydrogen) atoms. The molecule has 1 aliphatic rings. The van der Waals surface area contributed by atoms with Crippen molar-refractivity contribution in [1.29, 1.82) is 0 Å². The van der Waals surface area contributed by atoms with Crippen LogP contribution < -0.4 is 5.32 Å². The summed E-state index contributed by atoms with van der Waals surface area (Å²) in [6.07, 6.45) is 2.95. The van der Waals surface area contributed by atoms with Crippen molar-refractivity contribution in [2.45, 2.75) is 33.3 Å². The van der Waals surface area contributed by atoms with Gasteiger partial charge in [-0.15, -0.1) is 11.3 Å². The number of aryl methyl sites for hydroxylation is 1. The summed E-state index contributed by atoms with van der Waals surface area (Å²) in [6.45, 7) is 9.20. The molecule has 2 amide bonds. The normalized spacial score (nSPS) is 14.0. The summed E-state index contributed by atoms with van der Waals surface area (Å²) < 4.78 is 6.55. The first-order valence-corrected chi connectivity index (χ1v) is 13.2. The molecular weight excluding hydrogens is 502 g/mol. The lowest BCUT2D eigenvalue weighted by Gasteiger charge is -2.35. The van der Waals surface area contributed by atoms with Crippen LogP contribution in [0.1, 0.15) is 36.7 Å². The molecule has 1 fully saturated rings. The van der Waals surface area contributed by atoms with Crippen LogP contribution >= 0.6 is 11.3 Å². The average molecular weight is 532 g/mol. The molecule has 196 valence electrons. The molecule has 1 N–H and O–H groups in total. The number of benzene rings is 1. The van der Waals surface area contributed by atoms with Crippen molar-refractivity contribution in [2.75, 3.05) is 31.5 Å². The van der Waals surface area contributed by atoms with E-state index in [-0.39, 0.29) is 12.0 Å². The quantitative estimate of drug-likeness (QED) is 0.396. The van der Waals surface area contributed by atoms with Gasteiger partial charge in [0.1, 0.15) is 11.4 Å². The fraction of sp³-hybridized carbons (Fsp3) is 0.333. The van der Waals surface area contributed by atoms with E-state index in [0.717, 1.165) is 27.0 Å². The maximum Gasteiger partial charge on any atom is 0.410 e. The molecule has 0 bridgehead atoms.